The number of piperidine rings is 1. The molecule has 0 bridgehead atoms. The van der Waals surface area contributed by atoms with Crippen LogP contribution in [-0.2, 0) is 14.4 Å². The summed E-state index contributed by atoms with van der Waals surface area (Å²) < 4.78 is 0. The number of carbonyl (C=O) groups is 4. The lowest BCUT2D eigenvalue weighted by Crippen LogP contribution is -2.54. The van der Waals surface area contributed by atoms with Crippen LogP contribution in [0.25, 0.3) is 0 Å². The second kappa shape index (κ2) is 6.58. The maximum absolute atomic E-state index is 11.3. The van der Waals surface area contributed by atoms with Crippen molar-refractivity contribution < 1.29 is 24.3 Å². The first-order valence-corrected chi connectivity index (χ1v) is 5.59. The van der Waals surface area contributed by atoms with Crippen molar-refractivity contribution >= 4 is 23.8 Å². The third kappa shape index (κ3) is 4.81. The number of carbonyl (C=O) groups excluding carboxylic acids is 3. The van der Waals surface area contributed by atoms with Crippen LogP contribution in [0.15, 0.2) is 0 Å². The summed E-state index contributed by atoms with van der Waals surface area (Å²) in [7, 11) is 0. The predicted molar refractivity (Wildman–Crippen MR) is 59.6 cm³/mol. The van der Waals surface area contributed by atoms with Crippen LogP contribution < -0.4 is 16.0 Å². The molecule has 0 radical (unpaired) electrons. The van der Waals surface area contributed by atoms with Crippen LogP contribution in [0, 0.1) is 0 Å². The number of amides is 4. The topological polar surface area (TPSA) is 125 Å². The van der Waals surface area contributed by atoms with Crippen molar-refractivity contribution in [3.8, 4) is 0 Å². The lowest BCUT2D eigenvalue weighted by Gasteiger charge is -2.21. The fourth-order valence-corrected chi connectivity index (χ4v) is 1.48. The molecule has 1 heterocycles. The fourth-order valence-electron chi connectivity index (χ4n) is 1.48. The fraction of sp³-hybridized carbons (Fsp3) is 0.600. The van der Waals surface area contributed by atoms with E-state index < -0.39 is 23.9 Å². The van der Waals surface area contributed by atoms with Crippen LogP contribution in [0.5, 0.6) is 0 Å². The zero-order valence-corrected chi connectivity index (χ0v) is 9.69. The molecule has 0 aliphatic carbocycles. The van der Waals surface area contributed by atoms with Gasteiger partial charge in [-0.3, -0.25) is 19.7 Å². The number of hydrogen-bond acceptors (Lipinski definition) is 4. The molecule has 1 aliphatic rings. The van der Waals surface area contributed by atoms with E-state index in [1.807, 2.05) is 0 Å². The zero-order valence-electron chi connectivity index (χ0n) is 9.69. The maximum atomic E-state index is 11.3. The molecular formula is C10H15N3O5. The van der Waals surface area contributed by atoms with Crippen LogP contribution >= 0.6 is 0 Å². The van der Waals surface area contributed by atoms with Gasteiger partial charge in [0.05, 0.1) is 0 Å². The Labute approximate surface area is 103 Å². The molecule has 1 saturated heterocycles. The number of nitrogens with one attached hydrogen (secondary N) is 3. The monoisotopic (exact) mass is 257 g/mol. The Morgan fingerprint density at radius 3 is 2.72 bits per heavy atom. The second-order valence-electron chi connectivity index (χ2n) is 3.90. The summed E-state index contributed by atoms with van der Waals surface area (Å²) in [6.07, 6.45) is 0.750. The van der Waals surface area contributed by atoms with Gasteiger partial charge in [-0.2, -0.15) is 0 Å². The molecule has 18 heavy (non-hydrogen) atoms. The van der Waals surface area contributed by atoms with Gasteiger partial charge in [-0.05, 0) is 12.8 Å². The van der Waals surface area contributed by atoms with Crippen molar-refractivity contribution in [2.75, 3.05) is 6.54 Å². The number of hydrogen-bond donors (Lipinski definition) is 4. The molecule has 1 aliphatic heterocycles. The molecule has 1 fully saturated rings. The Bertz CT molecular complexity index is 369. The van der Waals surface area contributed by atoms with E-state index in [4.69, 9.17) is 5.11 Å². The van der Waals surface area contributed by atoms with Gasteiger partial charge in [0, 0.05) is 19.4 Å². The molecule has 0 aromatic heterocycles. The van der Waals surface area contributed by atoms with E-state index in [1.54, 1.807) is 0 Å². The Morgan fingerprint density at radius 2 is 2.11 bits per heavy atom. The number of aliphatic carboxylic acids is 1. The van der Waals surface area contributed by atoms with E-state index in [0.717, 1.165) is 0 Å². The Kier molecular flexibility index (Phi) is 5.09. The number of rotatable bonds is 5. The van der Waals surface area contributed by atoms with E-state index in [0.29, 0.717) is 6.42 Å². The highest BCUT2D eigenvalue weighted by molar-refractivity contribution is 6.01. The van der Waals surface area contributed by atoms with Crippen LogP contribution in [-0.4, -0.2) is 41.5 Å². The minimum atomic E-state index is -0.928. The molecule has 0 aromatic carbocycles. The highest BCUT2D eigenvalue weighted by atomic mass is 16.4. The summed E-state index contributed by atoms with van der Waals surface area (Å²) in [4.78, 5) is 43.7. The van der Waals surface area contributed by atoms with Crippen molar-refractivity contribution in [2.45, 2.75) is 31.7 Å². The zero-order chi connectivity index (χ0) is 13.5. The normalized spacial score (nSPS) is 19.0. The Morgan fingerprint density at radius 1 is 1.39 bits per heavy atom. The lowest BCUT2D eigenvalue weighted by molar-refractivity contribution is -0.137. The van der Waals surface area contributed by atoms with Gasteiger partial charge in [0.2, 0.25) is 11.8 Å². The average molecular weight is 257 g/mol. The van der Waals surface area contributed by atoms with E-state index in [-0.39, 0.29) is 31.7 Å². The van der Waals surface area contributed by atoms with E-state index in [1.165, 1.54) is 0 Å². The molecule has 100 valence electrons. The number of carboxylic acid groups (broad SMARTS) is 1. The number of imide groups is 1. The highest BCUT2D eigenvalue weighted by Gasteiger charge is 2.27. The minimum absolute atomic E-state index is 0.0291. The van der Waals surface area contributed by atoms with Gasteiger partial charge < -0.3 is 15.7 Å². The van der Waals surface area contributed by atoms with Crippen LogP contribution in [0.2, 0.25) is 0 Å². The van der Waals surface area contributed by atoms with Crippen molar-refractivity contribution in [3.63, 3.8) is 0 Å². The van der Waals surface area contributed by atoms with E-state index in [9.17, 15) is 19.2 Å². The van der Waals surface area contributed by atoms with Crippen molar-refractivity contribution in [1.29, 1.82) is 0 Å². The third-order valence-electron chi connectivity index (χ3n) is 2.40. The Hall–Kier alpha value is -2.12. The van der Waals surface area contributed by atoms with Crippen molar-refractivity contribution in [1.82, 2.24) is 16.0 Å². The number of urea groups is 1. The predicted octanol–water partition coefficient (Wildman–Crippen LogP) is -1.04. The quantitative estimate of drug-likeness (QED) is 0.369. The molecule has 4 N–H and O–H groups in total. The molecule has 8 heteroatoms. The van der Waals surface area contributed by atoms with E-state index >= 15 is 0 Å². The van der Waals surface area contributed by atoms with Gasteiger partial charge in [-0.15, -0.1) is 0 Å². The maximum Gasteiger partial charge on any atom is 0.315 e. The van der Waals surface area contributed by atoms with Gasteiger partial charge >= 0.3 is 12.0 Å². The standard InChI is InChI=1S/C10H15N3O5/c14-7-4-3-6(9(17)13-7)12-10(18)11-5-1-2-8(15)16/h6H,1-5H2,(H,15,16)(H2,11,12,18)(H,13,14,17). The summed E-state index contributed by atoms with van der Waals surface area (Å²) in [6, 6.07) is -1.27. The highest BCUT2D eigenvalue weighted by Crippen LogP contribution is 2.03. The first-order valence-electron chi connectivity index (χ1n) is 5.59. The first kappa shape index (κ1) is 13.9. The molecule has 4 amide bonds. The van der Waals surface area contributed by atoms with Crippen LogP contribution in [0.1, 0.15) is 25.7 Å². The molecule has 1 rings (SSSR count). The molecule has 0 aromatic rings. The third-order valence-corrected chi connectivity index (χ3v) is 2.40. The van der Waals surface area contributed by atoms with E-state index in [2.05, 4.69) is 16.0 Å². The smallest absolute Gasteiger partial charge is 0.315 e. The van der Waals surface area contributed by atoms with Gasteiger partial charge in [-0.1, -0.05) is 0 Å². The van der Waals surface area contributed by atoms with Gasteiger partial charge in [-0.25, -0.2) is 4.79 Å². The summed E-state index contributed by atoms with van der Waals surface area (Å²) in [6.45, 7) is 0.214. The van der Waals surface area contributed by atoms with Crippen LogP contribution in [0.3, 0.4) is 0 Å². The van der Waals surface area contributed by atoms with Gasteiger partial charge in [0.15, 0.2) is 0 Å². The summed E-state index contributed by atoms with van der Waals surface area (Å²) in [5.74, 6) is -1.80. The number of carboxylic acids is 1. The summed E-state index contributed by atoms with van der Waals surface area (Å²) in [5, 5.41) is 15.4. The van der Waals surface area contributed by atoms with Crippen molar-refractivity contribution in [3.05, 3.63) is 0 Å². The first-order chi connectivity index (χ1) is 8.49. The molecular weight excluding hydrogens is 242 g/mol. The average Bonchev–Trinajstić information content (AvgIpc) is 2.28. The molecule has 1 atom stereocenters. The lowest BCUT2D eigenvalue weighted by atomic mass is 10.1. The summed E-state index contributed by atoms with van der Waals surface area (Å²) >= 11 is 0. The van der Waals surface area contributed by atoms with Crippen LogP contribution in [0.4, 0.5) is 4.79 Å². The molecule has 0 saturated carbocycles. The summed E-state index contributed by atoms with van der Waals surface area (Å²) in [5.41, 5.74) is 0. The van der Waals surface area contributed by atoms with Gasteiger partial charge in [0.1, 0.15) is 6.04 Å². The SMILES string of the molecule is O=C(O)CCCNC(=O)NC1CCC(=O)NC1=O. The van der Waals surface area contributed by atoms with Crippen molar-refractivity contribution in [2.24, 2.45) is 0 Å². The molecule has 0 spiro atoms. The Balaban J connectivity index is 2.21. The molecule has 1 unspecified atom stereocenters. The largest absolute Gasteiger partial charge is 0.481 e. The van der Waals surface area contributed by atoms with Gasteiger partial charge in [0.25, 0.3) is 0 Å². The minimum Gasteiger partial charge on any atom is -0.481 e. The molecule has 8 nitrogen and oxygen atoms in total. The second-order valence-corrected chi connectivity index (χ2v) is 3.90.